The van der Waals surface area contributed by atoms with Crippen molar-refractivity contribution in [3.8, 4) is 22.6 Å². The molecule has 3 aromatic rings. The minimum Gasteiger partial charge on any atom is -0.507 e. The fourth-order valence-corrected chi connectivity index (χ4v) is 2.53. The van der Waals surface area contributed by atoms with E-state index in [-0.39, 0.29) is 11.3 Å². The lowest BCUT2D eigenvalue weighted by Gasteiger charge is -2.13. The molecule has 24 heavy (non-hydrogen) atoms. The van der Waals surface area contributed by atoms with Crippen LogP contribution in [0.4, 0.5) is 0 Å². The van der Waals surface area contributed by atoms with Crippen molar-refractivity contribution < 1.29 is 14.6 Å². The average molecular weight is 318 g/mol. The Morgan fingerprint density at radius 1 is 0.917 bits per heavy atom. The lowest BCUT2D eigenvalue weighted by atomic mass is 10.0. The third-order valence-corrected chi connectivity index (χ3v) is 3.89. The Hall–Kier alpha value is -3.07. The SMILES string of the molecule is Cc1ccc(COc2ccccc2-c2cccc(C=O)c2O)cc1. The van der Waals surface area contributed by atoms with E-state index in [1.54, 1.807) is 18.2 Å². The number of phenolic OH excluding ortho intramolecular Hbond substituents is 1. The Labute approximate surface area is 141 Å². The number of hydrogen-bond donors (Lipinski definition) is 1. The van der Waals surface area contributed by atoms with E-state index in [0.29, 0.717) is 24.2 Å². The fourth-order valence-electron chi connectivity index (χ4n) is 2.53. The molecule has 0 aromatic heterocycles. The summed E-state index contributed by atoms with van der Waals surface area (Å²) in [7, 11) is 0. The Kier molecular flexibility index (Phi) is 4.62. The van der Waals surface area contributed by atoms with Crippen LogP contribution in [0.15, 0.2) is 66.7 Å². The fraction of sp³-hybridized carbons (Fsp3) is 0.0952. The standard InChI is InChI=1S/C21H18O3/c1-15-9-11-16(12-10-15)14-24-20-8-3-2-6-18(20)19-7-4-5-17(13-22)21(19)23/h2-13,23H,14H2,1H3. The van der Waals surface area contributed by atoms with E-state index in [0.717, 1.165) is 11.1 Å². The minimum atomic E-state index is -0.0288. The van der Waals surface area contributed by atoms with Gasteiger partial charge in [0.2, 0.25) is 0 Å². The number of para-hydroxylation sites is 2. The zero-order valence-electron chi connectivity index (χ0n) is 13.4. The van der Waals surface area contributed by atoms with Crippen LogP contribution in [0.3, 0.4) is 0 Å². The molecule has 0 atom stereocenters. The van der Waals surface area contributed by atoms with Crippen LogP contribution in [-0.2, 0) is 6.61 Å². The molecule has 0 aliphatic carbocycles. The largest absolute Gasteiger partial charge is 0.507 e. The molecule has 0 heterocycles. The van der Waals surface area contributed by atoms with E-state index in [1.165, 1.54) is 5.56 Å². The second-order valence-corrected chi connectivity index (χ2v) is 5.63. The molecule has 120 valence electrons. The molecule has 3 rings (SSSR count). The van der Waals surface area contributed by atoms with Crippen LogP contribution in [0, 0.1) is 6.92 Å². The number of phenols is 1. The molecule has 0 amide bonds. The van der Waals surface area contributed by atoms with Gasteiger partial charge in [-0.05, 0) is 24.6 Å². The van der Waals surface area contributed by atoms with Crippen LogP contribution in [0.25, 0.3) is 11.1 Å². The van der Waals surface area contributed by atoms with Gasteiger partial charge >= 0.3 is 0 Å². The van der Waals surface area contributed by atoms with Gasteiger partial charge in [0, 0.05) is 11.1 Å². The van der Waals surface area contributed by atoms with Crippen LogP contribution in [0.2, 0.25) is 0 Å². The highest BCUT2D eigenvalue weighted by molar-refractivity contribution is 5.87. The maximum absolute atomic E-state index is 11.0. The molecule has 0 spiro atoms. The summed E-state index contributed by atoms with van der Waals surface area (Å²) in [5.41, 5.74) is 3.88. The highest BCUT2D eigenvalue weighted by atomic mass is 16.5. The Morgan fingerprint density at radius 3 is 2.38 bits per heavy atom. The maximum Gasteiger partial charge on any atom is 0.153 e. The summed E-state index contributed by atoms with van der Waals surface area (Å²) in [6, 6.07) is 20.7. The second-order valence-electron chi connectivity index (χ2n) is 5.63. The van der Waals surface area contributed by atoms with E-state index in [9.17, 15) is 9.90 Å². The quantitative estimate of drug-likeness (QED) is 0.690. The lowest BCUT2D eigenvalue weighted by molar-refractivity contribution is 0.112. The van der Waals surface area contributed by atoms with E-state index in [4.69, 9.17) is 4.74 Å². The number of benzene rings is 3. The number of aryl methyl sites for hydroxylation is 1. The third-order valence-electron chi connectivity index (χ3n) is 3.89. The van der Waals surface area contributed by atoms with Crippen molar-refractivity contribution in [3.05, 3.63) is 83.4 Å². The lowest BCUT2D eigenvalue weighted by Crippen LogP contribution is -1.97. The highest BCUT2D eigenvalue weighted by Crippen LogP contribution is 2.37. The number of hydrogen-bond acceptors (Lipinski definition) is 3. The Bertz CT molecular complexity index is 851. The summed E-state index contributed by atoms with van der Waals surface area (Å²) in [5.74, 6) is 0.635. The first-order chi connectivity index (χ1) is 11.7. The molecular formula is C21H18O3. The van der Waals surface area contributed by atoms with E-state index in [1.807, 2.05) is 55.5 Å². The van der Waals surface area contributed by atoms with Gasteiger partial charge in [-0.25, -0.2) is 0 Å². The molecule has 1 N–H and O–H groups in total. The van der Waals surface area contributed by atoms with Crippen LogP contribution < -0.4 is 4.74 Å². The van der Waals surface area contributed by atoms with Crippen molar-refractivity contribution in [2.45, 2.75) is 13.5 Å². The van der Waals surface area contributed by atoms with Gasteiger partial charge in [0.25, 0.3) is 0 Å². The number of rotatable bonds is 5. The highest BCUT2D eigenvalue weighted by Gasteiger charge is 2.12. The van der Waals surface area contributed by atoms with Gasteiger partial charge in [-0.1, -0.05) is 60.2 Å². The van der Waals surface area contributed by atoms with Crippen molar-refractivity contribution in [1.82, 2.24) is 0 Å². The topological polar surface area (TPSA) is 46.5 Å². The zero-order chi connectivity index (χ0) is 16.9. The molecule has 0 aliphatic heterocycles. The smallest absolute Gasteiger partial charge is 0.153 e. The Balaban J connectivity index is 1.91. The normalized spacial score (nSPS) is 10.4. The first kappa shape index (κ1) is 15.8. The molecule has 3 nitrogen and oxygen atoms in total. The van der Waals surface area contributed by atoms with Crippen LogP contribution >= 0.6 is 0 Å². The van der Waals surface area contributed by atoms with Crippen LogP contribution in [0.5, 0.6) is 11.5 Å². The molecule has 0 radical (unpaired) electrons. The molecule has 0 unspecified atom stereocenters. The van der Waals surface area contributed by atoms with Crippen LogP contribution in [-0.4, -0.2) is 11.4 Å². The molecule has 3 heteroatoms. The maximum atomic E-state index is 11.0. The molecule has 0 saturated carbocycles. The van der Waals surface area contributed by atoms with Crippen molar-refractivity contribution in [3.63, 3.8) is 0 Å². The van der Waals surface area contributed by atoms with Crippen molar-refractivity contribution >= 4 is 6.29 Å². The predicted molar refractivity (Wildman–Crippen MR) is 94.4 cm³/mol. The van der Waals surface area contributed by atoms with Crippen molar-refractivity contribution in [2.75, 3.05) is 0 Å². The monoisotopic (exact) mass is 318 g/mol. The summed E-state index contributed by atoms with van der Waals surface area (Å²) in [6.07, 6.45) is 0.647. The number of carbonyl (C=O) groups excluding carboxylic acids is 1. The van der Waals surface area contributed by atoms with Gasteiger partial charge in [-0.2, -0.15) is 0 Å². The molecule has 3 aromatic carbocycles. The van der Waals surface area contributed by atoms with Gasteiger partial charge in [0.05, 0.1) is 5.56 Å². The van der Waals surface area contributed by atoms with Gasteiger partial charge in [-0.3, -0.25) is 4.79 Å². The number of aldehydes is 1. The average Bonchev–Trinajstić information content (AvgIpc) is 2.62. The summed E-state index contributed by atoms with van der Waals surface area (Å²) in [5, 5.41) is 10.3. The van der Waals surface area contributed by atoms with Gasteiger partial charge in [0.15, 0.2) is 6.29 Å². The van der Waals surface area contributed by atoms with Gasteiger partial charge in [-0.15, -0.1) is 0 Å². The van der Waals surface area contributed by atoms with Gasteiger partial charge in [0.1, 0.15) is 18.1 Å². The first-order valence-corrected chi connectivity index (χ1v) is 7.74. The minimum absolute atomic E-state index is 0.0288. The van der Waals surface area contributed by atoms with E-state index in [2.05, 4.69) is 0 Å². The summed E-state index contributed by atoms with van der Waals surface area (Å²) < 4.78 is 5.95. The third kappa shape index (κ3) is 3.30. The van der Waals surface area contributed by atoms with Crippen LogP contribution in [0.1, 0.15) is 21.5 Å². The number of ether oxygens (including phenoxy) is 1. The molecule has 0 fully saturated rings. The summed E-state index contributed by atoms with van der Waals surface area (Å²) >= 11 is 0. The number of carbonyl (C=O) groups is 1. The van der Waals surface area contributed by atoms with Gasteiger partial charge < -0.3 is 9.84 Å². The zero-order valence-corrected chi connectivity index (χ0v) is 13.4. The number of aromatic hydroxyl groups is 1. The molecule has 0 bridgehead atoms. The first-order valence-electron chi connectivity index (χ1n) is 7.74. The van der Waals surface area contributed by atoms with Crippen molar-refractivity contribution in [2.24, 2.45) is 0 Å². The Morgan fingerprint density at radius 2 is 1.62 bits per heavy atom. The predicted octanol–water partition coefficient (Wildman–Crippen LogP) is 4.76. The van der Waals surface area contributed by atoms with E-state index < -0.39 is 0 Å². The molecule has 0 saturated heterocycles. The van der Waals surface area contributed by atoms with Crippen molar-refractivity contribution in [1.29, 1.82) is 0 Å². The molecular weight excluding hydrogens is 300 g/mol. The molecule has 0 aliphatic rings. The second kappa shape index (κ2) is 7.01. The summed E-state index contributed by atoms with van der Waals surface area (Å²) in [6.45, 7) is 2.48. The van der Waals surface area contributed by atoms with E-state index >= 15 is 0 Å². The summed E-state index contributed by atoms with van der Waals surface area (Å²) in [4.78, 5) is 11.0.